The molecule has 6 nitrogen and oxygen atoms in total. The van der Waals surface area contributed by atoms with Gasteiger partial charge in [-0.15, -0.1) is 0 Å². The van der Waals surface area contributed by atoms with Crippen LogP contribution in [0.3, 0.4) is 0 Å². The number of carbonyl (C=O) groups excluding carboxylic acids is 1. The van der Waals surface area contributed by atoms with E-state index in [4.69, 9.17) is 20.9 Å². The summed E-state index contributed by atoms with van der Waals surface area (Å²) in [6, 6.07) is 5.27. The van der Waals surface area contributed by atoms with Crippen LogP contribution in [0.2, 0.25) is 5.02 Å². The fourth-order valence-electron chi connectivity index (χ4n) is 2.31. The van der Waals surface area contributed by atoms with Gasteiger partial charge in [0.1, 0.15) is 5.75 Å². The Kier molecular flexibility index (Phi) is 3.31. The van der Waals surface area contributed by atoms with Gasteiger partial charge in [0.15, 0.2) is 5.82 Å². The third-order valence-electron chi connectivity index (χ3n) is 3.32. The Morgan fingerprint density at radius 3 is 3.00 bits per heavy atom. The molecule has 1 amide bonds. The Hall–Kier alpha value is -2.08. The van der Waals surface area contributed by atoms with E-state index >= 15 is 0 Å². The number of carbonyl (C=O) groups is 1. The minimum absolute atomic E-state index is 0.0148. The molecular weight excluding hydrogens is 282 g/mol. The van der Waals surface area contributed by atoms with Crippen molar-refractivity contribution in [3.05, 3.63) is 35.4 Å². The molecule has 20 heavy (non-hydrogen) atoms. The molecule has 1 fully saturated rings. The molecule has 0 radical (unpaired) electrons. The van der Waals surface area contributed by atoms with E-state index in [9.17, 15) is 4.79 Å². The molecule has 1 saturated heterocycles. The van der Waals surface area contributed by atoms with Crippen molar-refractivity contribution in [1.82, 2.24) is 10.1 Å². The molecule has 2 heterocycles. The van der Waals surface area contributed by atoms with Crippen LogP contribution in [-0.4, -0.2) is 29.7 Å². The number of aromatic nitrogens is 2. The summed E-state index contributed by atoms with van der Waals surface area (Å²) in [7, 11) is 1.55. The molecule has 1 atom stereocenters. The number of amides is 1. The van der Waals surface area contributed by atoms with Crippen LogP contribution in [0.5, 0.6) is 5.75 Å². The van der Waals surface area contributed by atoms with E-state index in [1.54, 1.807) is 30.2 Å². The number of nitrogens with zero attached hydrogens (tertiary/aromatic N) is 3. The molecule has 1 aromatic heterocycles. The minimum atomic E-state index is -0.0536. The van der Waals surface area contributed by atoms with Crippen LogP contribution in [0.1, 0.15) is 18.2 Å². The molecule has 1 aromatic carbocycles. The summed E-state index contributed by atoms with van der Waals surface area (Å²) in [5, 5.41) is 4.27. The summed E-state index contributed by atoms with van der Waals surface area (Å²) < 4.78 is 9.83. The molecule has 104 valence electrons. The Morgan fingerprint density at radius 2 is 2.35 bits per heavy atom. The van der Waals surface area contributed by atoms with Crippen LogP contribution in [-0.2, 0) is 4.79 Å². The smallest absolute Gasteiger partial charge is 0.227 e. The second-order valence-electron chi connectivity index (χ2n) is 4.51. The second kappa shape index (κ2) is 5.13. The van der Waals surface area contributed by atoms with Crippen LogP contribution in [0, 0.1) is 0 Å². The summed E-state index contributed by atoms with van der Waals surface area (Å²) in [4.78, 5) is 17.8. The standard InChI is InChI=1S/C13H12ClN3O3/c1-19-11-3-2-9(5-10(11)14)17-6-8(4-12(17)18)13-15-7-20-16-13/h2-3,5,7-8H,4,6H2,1H3. The highest BCUT2D eigenvalue weighted by Crippen LogP contribution is 2.34. The van der Waals surface area contributed by atoms with Crippen molar-refractivity contribution in [2.75, 3.05) is 18.6 Å². The van der Waals surface area contributed by atoms with Crippen molar-refractivity contribution in [2.45, 2.75) is 12.3 Å². The van der Waals surface area contributed by atoms with Gasteiger partial charge in [0.05, 0.1) is 12.1 Å². The van der Waals surface area contributed by atoms with Gasteiger partial charge in [0.25, 0.3) is 0 Å². The summed E-state index contributed by atoms with van der Waals surface area (Å²) in [6.45, 7) is 0.515. The van der Waals surface area contributed by atoms with Gasteiger partial charge in [-0.3, -0.25) is 4.79 Å². The normalized spacial score (nSPS) is 18.6. The lowest BCUT2D eigenvalue weighted by atomic mass is 10.1. The maximum atomic E-state index is 12.1. The lowest BCUT2D eigenvalue weighted by Crippen LogP contribution is -2.24. The Bertz CT molecular complexity index is 630. The first-order chi connectivity index (χ1) is 9.69. The molecule has 0 saturated carbocycles. The van der Waals surface area contributed by atoms with E-state index in [2.05, 4.69) is 10.1 Å². The molecule has 3 rings (SSSR count). The van der Waals surface area contributed by atoms with Gasteiger partial charge in [-0.2, -0.15) is 4.98 Å². The lowest BCUT2D eigenvalue weighted by molar-refractivity contribution is -0.117. The topological polar surface area (TPSA) is 68.5 Å². The van der Waals surface area contributed by atoms with E-state index in [-0.39, 0.29) is 11.8 Å². The maximum absolute atomic E-state index is 12.1. The third kappa shape index (κ3) is 2.22. The first-order valence-electron chi connectivity index (χ1n) is 6.09. The Labute approximate surface area is 120 Å². The van der Waals surface area contributed by atoms with Crippen LogP contribution in [0.15, 0.2) is 29.1 Å². The van der Waals surface area contributed by atoms with Crippen LogP contribution >= 0.6 is 11.6 Å². The van der Waals surface area contributed by atoms with E-state index in [1.807, 2.05) is 0 Å². The molecular formula is C13H12ClN3O3. The predicted molar refractivity (Wildman–Crippen MR) is 72.0 cm³/mol. The Morgan fingerprint density at radius 1 is 1.50 bits per heavy atom. The monoisotopic (exact) mass is 293 g/mol. The molecule has 1 aliphatic heterocycles. The van der Waals surface area contributed by atoms with Gasteiger partial charge >= 0.3 is 0 Å². The lowest BCUT2D eigenvalue weighted by Gasteiger charge is -2.17. The molecule has 0 aliphatic carbocycles. The van der Waals surface area contributed by atoms with Crippen molar-refractivity contribution >= 4 is 23.2 Å². The molecule has 1 unspecified atom stereocenters. The van der Waals surface area contributed by atoms with Crippen LogP contribution in [0.25, 0.3) is 0 Å². The Balaban J connectivity index is 1.84. The van der Waals surface area contributed by atoms with Gasteiger partial charge < -0.3 is 14.2 Å². The number of rotatable bonds is 3. The zero-order chi connectivity index (χ0) is 14.1. The number of halogens is 1. The zero-order valence-corrected chi connectivity index (χ0v) is 11.5. The summed E-state index contributed by atoms with van der Waals surface area (Å²) in [6.07, 6.45) is 1.63. The van der Waals surface area contributed by atoms with Crippen molar-refractivity contribution in [3.8, 4) is 5.75 Å². The molecule has 0 N–H and O–H groups in total. The maximum Gasteiger partial charge on any atom is 0.227 e. The number of hydrogen-bond donors (Lipinski definition) is 0. The van der Waals surface area contributed by atoms with Crippen LogP contribution in [0.4, 0.5) is 5.69 Å². The van der Waals surface area contributed by atoms with Gasteiger partial charge in [-0.1, -0.05) is 16.8 Å². The highest BCUT2D eigenvalue weighted by molar-refractivity contribution is 6.32. The number of ether oxygens (including phenoxy) is 1. The van der Waals surface area contributed by atoms with Crippen molar-refractivity contribution < 1.29 is 14.1 Å². The highest BCUT2D eigenvalue weighted by Gasteiger charge is 2.34. The molecule has 1 aliphatic rings. The van der Waals surface area contributed by atoms with Crippen molar-refractivity contribution in [3.63, 3.8) is 0 Å². The van der Waals surface area contributed by atoms with E-state index in [1.165, 1.54) is 6.39 Å². The third-order valence-corrected chi connectivity index (χ3v) is 3.61. The molecule has 0 spiro atoms. The van der Waals surface area contributed by atoms with Gasteiger partial charge in [-0.05, 0) is 18.2 Å². The number of anilines is 1. The minimum Gasteiger partial charge on any atom is -0.495 e. The summed E-state index contributed by atoms with van der Waals surface area (Å²) in [5.41, 5.74) is 0.742. The number of hydrogen-bond acceptors (Lipinski definition) is 5. The first-order valence-corrected chi connectivity index (χ1v) is 6.47. The summed E-state index contributed by atoms with van der Waals surface area (Å²) in [5.74, 6) is 1.10. The van der Waals surface area contributed by atoms with Crippen molar-refractivity contribution in [1.29, 1.82) is 0 Å². The van der Waals surface area contributed by atoms with Gasteiger partial charge in [0.2, 0.25) is 12.3 Å². The molecule has 7 heteroatoms. The summed E-state index contributed by atoms with van der Waals surface area (Å²) >= 11 is 6.09. The van der Waals surface area contributed by atoms with E-state index in [0.717, 1.165) is 5.69 Å². The van der Waals surface area contributed by atoms with Gasteiger partial charge in [-0.25, -0.2) is 0 Å². The highest BCUT2D eigenvalue weighted by atomic mass is 35.5. The van der Waals surface area contributed by atoms with E-state index < -0.39 is 0 Å². The fourth-order valence-corrected chi connectivity index (χ4v) is 2.56. The number of benzene rings is 1. The SMILES string of the molecule is COc1ccc(N2CC(c3ncon3)CC2=O)cc1Cl. The van der Waals surface area contributed by atoms with Crippen LogP contribution < -0.4 is 9.64 Å². The zero-order valence-electron chi connectivity index (χ0n) is 10.7. The molecule has 2 aromatic rings. The average molecular weight is 294 g/mol. The fraction of sp³-hybridized carbons (Fsp3) is 0.308. The first kappa shape index (κ1) is 12.9. The number of methoxy groups -OCH3 is 1. The average Bonchev–Trinajstić information content (AvgIpc) is 3.07. The van der Waals surface area contributed by atoms with Crippen molar-refractivity contribution in [2.24, 2.45) is 0 Å². The predicted octanol–water partition coefficient (Wildman–Crippen LogP) is 2.25. The quantitative estimate of drug-likeness (QED) is 0.868. The van der Waals surface area contributed by atoms with Gasteiger partial charge in [0, 0.05) is 24.6 Å². The molecule has 0 bridgehead atoms. The van der Waals surface area contributed by atoms with E-state index in [0.29, 0.717) is 29.6 Å². The second-order valence-corrected chi connectivity index (χ2v) is 4.92. The largest absolute Gasteiger partial charge is 0.495 e.